The maximum Gasteiger partial charge on any atom is 0.254 e. The Kier molecular flexibility index (Phi) is 6.01. The Balaban J connectivity index is 1.72. The number of aromatic nitrogens is 1. The van der Waals surface area contributed by atoms with Gasteiger partial charge in [0.15, 0.2) is 0 Å². The summed E-state index contributed by atoms with van der Waals surface area (Å²) in [5.74, 6) is 0.623. The van der Waals surface area contributed by atoms with Crippen LogP contribution in [-0.2, 0) is 6.54 Å². The van der Waals surface area contributed by atoms with Crippen LogP contribution in [0, 0.1) is 0 Å². The quantitative estimate of drug-likeness (QED) is 0.841. The van der Waals surface area contributed by atoms with Crippen LogP contribution in [-0.4, -0.2) is 40.2 Å². The number of nitrogens with zero attached hydrogens (tertiary/aromatic N) is 2. The van der Waals surface area contributed by atoms with Crippen LogP contribution in [0.3, 0.4) is 0 Å². The van der Waals surface area contributed by atoms with E-state index in [2.05, 4.69) is 4.98 Å². The van der Waals surface area contributed by atoms with Crippen molar-refractivity contribution in [2.75, 3.05) is 13.2 Å². The van der Waals surface area contributed by atoms with Crippen LogP contribution in [0.15, 0.2) is 48.8 Å². The van der Waals surface area contributed by atoms with Gasteiger partial charge in [0.1, 0.15) is 5.75 Å². The summed E-state index contributed by atoms with van der Waals surface area (Å²) in [5.41, 5.74) is 1.51. The van der Waals surface area contributed by atoms with E-state index in [-0.39, 0.29) is 25.2 Å². The number of carbonyl (C=O) groups is 1. The highest BCUT2D eigenvalue weighted by Gasteiger charge is 2.19. The number of rotatable bonds is 7. The molecule has 5 nitrogen and oxygen atoms in total. The van der Waals surface area contributed by atoms with Gasteiger partial charge in [0.25, 0.3) is 5.91 Å². The van der Waals surface area contributed by atoms with Crippen molar-refractivity contribution in [1.82, 2.24) is 9.88 Å². The SMILES string of the molecule is O=C(c1cccc(OC2CCCC2)c1)N(CCO)Cc1cccnc1. The van der Waals surface area contributed by atoms with Crippen LogP contribution < -0.4 is 4.74 Å². The number of aliphatic hydroxyl groups is 1. The molecule has 1 aromatic heterocycles. The standard InChI is InChI=1S/C20H24N2O3/c23-12-11-22(15-16-5-4-10-21-14-16)20(24)17-6-3-9-19(13-17)25-18-7-1-2-8-18/h3-6,9-10,13-14,18,23H,1-2,7-8,11-12,15H2. The van der Waals surface area contributed by atoms with Gasteiger partial charge in [-0.15, -0.1) is 0 Å². The molecule has 0 unspecified atom stereocenters. The molecule has 1 aromatic carbocycles. The Morgan fingerprint density at radius 2 is 2.08 bits per heavy atom. The molecule has 1 N–H and O–H groups in total. The van der Waals surface area contributed by atoms with E-state index in [1.165, 1.54) is 12.8 Å². The third-order valence-electron chi connectivity index (χ3n) is 4.44. The highest BCUT2D eigenvalue weighted by atomic mass is 16.5. The summed E-state index contributed by atoms with van der Waals surface area (Å²) in [6.07, 6.45) is 8.26. The fourth-order valence-electron chi connectivity index (χ4n) is 3.17. The molecule has 1 saturated carbocycles. The predicted octanol–water partition coefficient (Wildman–Crippen LogP) is 3.04. The van der Waals surface area contributed by atoms with Gasteiger partial charge in [-0.3, -0.25) is 9.78 Å². The van der Waals surface area contributed by atoms with Gasteiger partial charge in [0.2, 0.25) is 0 Å². The topological polar surface area (TPSA) is 62.7 Å². The lowest BCUT2D eigenvalue weighted by molar-refractivity contribution is 0.0707. The molecule has 2 aromatic rings. The van der Waals surface area contributed by atoms with Crippen molar-refractivity contribution < 1.29 is 14.6 Å². The van der Waals surface area contributed by atoms with Gasteiger partial charge >= 0.3 is 0 Å². The van der Waals surface area contributed by atoms with Crippen molar-refractivity contribution in [3.63, 3.8) is 0 Å². The van der Waals surface area contributed by atoms with Gasteiger partial charge in [-0.25, -0.2) is 0 Å². The highest BCUT2D eigenvalue weighted by molar-refractivity contribution is 5.94. The van der Waals surface area contributed by atoms with Crippen molar-refractivity contribution in [3.05, 3.63) is 59.9 Å². The minimum absolute atomic E-state index is 0.0791. The molecule has 0 aliphatic heterocycles. The lowest BCUT2D eigenvalue weighted by atomic mass is 10.1. The van der Waals surface area contributed by atoms with E-state index in [0.29, 0.717) is 12.1 Å². The minimum Gasteiger partial charge on any atom is -0.490 e. The smallest absolute Gasteiger partial charge is 0.254 e. The van der Waals surface area contributed by atoms with Crippen molar-refractivity contribution in [2.45, 2.75) is 38.3 Å². The number of hydrogen-bond acceptors (Lipinski definition) is 4. The second-order valence-electron chi connectivity index (χ2n) is 6.36. The summed E-state index contributed by atoms with van der Waals surface area (Å²) in [4.78, 5) is 18.6. The molecular formula is C20H24N2O3. The number of benzene rings is 1. The van der Waals surface area contributed by atoms with Gasteiger partial charge in [0, 0.05) is 31.0 Å². The molecule has 1 aliphatic carbocycles. The lowest BCUT2D eigenvalue weighted by Crippen LogP contribution is -2.33. The first-order valence-electron chi connectivity index (χ1n) is 8.82. The number of ether oxygens (including phenoxy) is 1. The Morgan fingerprint density at radius 1 is 1.24 bits per heavy atom. The van der Waals surface area contributed by atoms with Crippen LogP contribution in [0.2, 0.25) is 0 Å². The maximum atomic E-state index is 12.9. The number of hydrogen-bond donors (Lipinski definition) is 1. The molecule has 1 heterocycles. The third-order valence-corrected chi connectivity index (χ3v) is 4.44. The summed E-state index contributed by atoms with van der Waals surface area (Å²) in [5, 5.41) is 9.32. The van der Waals surface area contributed by atoms with E-state index in [1.54, 1.807) is 29.4 Å². The molecular weight excluding hydrogens is 316 g/mol. The Labute approximate surface area is 148 Å². The van der Waals surface area contributed by atoms with E-state index in [1.807, 2.05) is 24.3 Å². The van der Waals surface area contributed by atoms with E-state index in [9.17, 15) is 9.90 Å². The highest BCUT2D eigenvalue weighted by Crippen LogP contribution is 2.25. The molecule has 25 heavy (non-hydrogen) atoms. The average Bonchev–Trinajstić information content (AvgIpc) is 3.15. The summed E-state index contributed by atoms with van der Waals surface area (Å²) in [6, 6.07) is 11.1. The summed E-state index contributed by atoms with van der Waals surface area (Å²) in [6.45, 7) is 0.618. The normalized spacial score (nSPS) is 14.4. The van der Waals surface area contributed by atoms with E-state index in [0.717, 1.165) is 24.2 Å². The second-order valence-corrected chi connectivity index (χ2v) is 6.36. The van der Waals surface area contributed by atoms with E-state index < -0.39 is 0 Å². The van der Waals surface area contributed by atoms with Crippen LogP contribution in [0.25, 0.3) is 0 Å². The van der Waals surface area contributed by atoms with Crippen molar-refractivity contribution in [3.8, 4) is 5.75 Å². The number of pyridine rings is 1. The van der Waals surface area contributed by atoms with Gasteiger partial charge in [-0.05, 0) is 55.5 Å². The molecule has 132 valence electrons. The molecule has 1 amide bonds. The maximum absolute atomic E-state index is 12.9. The van der Waals surface area contributed by atoms with E-state index >= 15 is 0 Å². The molecule has 0 saturated heterocycles. The van der Waals surface area contributed by atoms with Crippen molar-refractivity contribution in [1.29, 1.82) is 0 Å². The minimum atomic E-state index is -0.116. The second kappa shape index (κ2) is 8.62. The van der Waals surface area contributed by atoms with Crippen LogP contribution in [0.5, 0.6) is 5.75 Å². The number of amides is 1. The summed E-state index contributed by atoms with van der Waals surface area (Å²) < 4.78 is 5.99. The first-order chi connectivity index (χ1) is 12.3. The third kappa shape index (κ3) is 4.79. The Hall–Kier alpha value is -2.40. The van der Waals surface area contributed by atoms with Crippen molar-refractivity contribution >= 4 is 5.91 Å². The van der Waals surface area contributed by atoms with Gasteiger partial charge in [-0.1, -0.05) is 12.1 Å². The zero-order valence-electron chi connectivity index (χ0n) is 14.3. The molecule has 5 heteroatoms. The summed E-state index contributed by atoms with van der Waals surface area (Å²) in [7, 11) is 0. The van der Waals surface area contributed by atoms with Crippen LogP contribution >= 0.6 is 0 Å². The van der Waals surface area contributed by atoms with E-state index in [4.69, 9.17) is 4.74 Å². The molecule has 0 bridgehead atoms. The monoisotopic (exact) mass is 340 g/mol. The molecule has 0 spiro atoms. The number of aliphatic hydroxyl groups excluding tert-OH is 1. The van der Waals surface area contributed by atoms with Crippen molar-refractivity contribution in [2.24, 2.45) is 0 Å². The molecule has 0 atom stereocenters. The first kappa shape index (κ1) is 17.4. The Bertz CT molecular complexity index is 684. The fraction of sp³-hybridized carbons (Fsp3) is 0.400. The predicted molar refractivity (Wildman–Crippen MR) is 95.4 cm³/mol. The van der Waals surface area contributed by atoms with Crippen LogP contribution in [0.4, 0.5) is 0 Å². The number of carbonyl (C=O) groups excluding carboxylic acids is 1. The zero-order chi connectivity index (χ0) is 17.5. The molecule has 0 radical (unpaired) electrons. The molecule has 3 rings (SSSR count). The lowest BCUT2D eigenvalue weighted by Gasteiger charge is -2.22. The average molecular weight is 340 g/mol. The molecule has 1 aliphatic rings. The zero-order valence-corrected chi connectivity index (χ0v) is 14.3. The van der Waals surface area contributed by atoms with Gasteiger partial charge in [-0.2, -0.15) is 0 Å². The van der Waals surface area contributed by atoms with Crippen LogP contribution in [0.1, 0.15) is 41.6 Å². The largest absolute Gasteiger partial charge is 0.490 e. The molecule has 1 fully saturated rings. The first-order valence-corrected chi connectivity index (χ1v) is 8.82. The fourth-order valence-corrected chi connectivity index (χ4v) is 3.17. The summed E-state index contributed by atoms with van der Waals surface area (Å²) >= 11 is 0. The Morgan fingerprint density at radius 3 is 2.80 bits per heavy atom. The van der Waals surface area contributed by atoms with Gasteiger partial charge < -0.3 is 14.7 Å². The van der Waals surface area contributed by atoms with Gasteiger partial charge in [0.05, 0.1) is 12.7 Å².